The third-order valence-corrected chi connectivity index (χ3v) is 4.53. The molecule has 0 spiro atoms. The minimum absolute atomic E-state index is 0.0447. The van der Waals surface area contributed by atoms with Crippen LogP contribution in [0.4, 0.5) is 17.1 Å². The van der Waals surface area contributed by atoms with Gasteiger partial charge in [0.05, 0.1) is 21.5 Å². The maximum Gasteiger partial charge on any atom is 0.301 e. The van der Waals surface area contributed by atoms with Crippen LogP contribution < -0.4 is 5.43 Å². The van der Waals surface area contributed by atoms with Gasteiger partial charge in [0.25, 0.3) is 5.69 Å². The number of nitrogens with one attached hydrogen (secondary N) is 1. The summed E-state index contributed by atoms with van der Waals surface area (Å²) in [5.74, 6) is -0.162. The third-order valence-electron chi connectivity index (χ3n) is 4.53. The highest BCUT2D eigenvalue weighted by Crippen LogP contribution is 2.46. The van der Waals surface area contributed by atoms with Crippen LogP contribution in [-0.2, 0) is 0 Å². The summed E-state index contributed by atoms with van der Waals surface area (Å²) in [5.41, 5.74) is 3.78. The Morgan fingerprint density at radius 2 is 1.48 bits per heavy atom. The van der Waals surface area contributed by atoms with E-state index in [0.29, 0.717) is 16.7 Å². The van der Waals surface area contributed by atoms with Crippen molar-refractivity contribution in [2.24, 2.45) is 5.10 Å². The van der Waals surface area contributed by atoms with E-state index in [1.165, 1.54) is 18.2 Å². The summed E-state index contributed by atoms with van der Waals surface area (Å²) in [6, 6.07) is 12.8. The number of non-ortho nitro benzene ring substituents is 1. The normalized spacial score (nSPS) is 13.0. The minimum Gasteiger partial charge on any atom is -0.507 e. The zero-order valence-corrected chi connectivity index (χ0v) is 14.6. The standard InChI is InChI=1S/C19H12N4O6/c24-15-7-8-16(25)18-17(15)11-3-1-2-4-12(11)19(18)21-20-13-6-5-10(22(26)27)9-14(13)23(28)29/h1-9,20,24-25H/b21-19+. The molecule has 1 aliphatic rings. The van der Waals surface area contributed by atoms with Crippen LogP contribution in [0.25, 0.3) is 11.1 Å². The van der Waals surface area contributed by atoms with Crippen molar-refractivity contribution in [1.29, 1.82) is 0 Å². The first-order valence-corrected chi connectivity index (χ1v) is 8.30. The molecule has 0 radical (unpaired) electrons. The fourth-order valence-corrected chi connectivity index (χ4v) is 3.25. The van der Waals surface area contributed by atoms with Gasteiger partial charge < -0.3 is 10.2 Å². The van der Waals surface area contributed by atoms with E-state index in [1.807, 2.05) is 0 Å². The molecule has 0 heterocycles. The number of aromatic hydroxyl groups is 2. The van der Waals surface area contributed by atoms with E-state index in [0.717, 1.165) is 12.1 Å². The SMILES string of the molecule is O=[N+]([O-])c1ccc(N/N=C2\c3ccccc3-c3c(O)ccc(O)c32)c([N+](=O)[O-])c1. The summed E-state index contributed by atoms with van der Waals surface area (Å²) < 4.78 is 0. The summed E-state index contributed by atoms with van der Waals surface area (Å²) >= 11 is 0. The second kappa shape index (κ2) is 6.60. The number of nitro groups is 2. The number of fused-ring (bicyclic) bond motifs is 3. The number of nitro benzene ring substituents is 2. The molecule has 0 saturated heterocycles. The second-order valence-electron chi connectivity index (χ2n) is 6.19. The van der Waals surface area contributed by atoms with Crippen molar-refractivity contribution in [1.82, 2.24) is 0 Å². The molecule has 0 bridgehead atoms. The van der Waals surface area contributed by atoms with Crippen LogP contribution in [-0.4, -0.2) is 25.8 Å². The van der Waals surface area contributed by atoms with Crippen LogP contribution in [0.5, 0.6) is 11.5 Å². The molecule has 0 aromatic heterocycles. The van der Waals surface area contributed by atoms with Crippen molar-refractivity contribution in [3.63, 3.8) is 0 Å². The molecule has 0 fully saturated rings. The van der Waals surface area contributed by atoms with E-state index in [-0.39, 0.29) is 28.5 Å². The van der Waals surface area contributed by atoms with Crippen molar-refractivity contribution in [3.8, 4) is 22.6 Å². The molecule has 10 heteroatoms. The molecular formula is C19H12N4O6. The lowest BCUT2D eigenvalue weighted by molar-refractivity contribution is -0.393. The first-order chi connectivity index (χ1) is 13.9. The number of rotatable bonds is 4. The molecule has 0 atom stereocenters. The Bertz CT molecular complexity index is 1220. The first kappa shape index (κ1) is 17.9. The Hall–Kier alpha value is -4.47. The minimum atomic E-state index is -0.755. The van der Waals surface area contributed by atoms with Gasteiger partial charge in [-0.2, -0.15) is 5.10 Å². The predicted octanol–water partition coefficient (Wildman–Crippen LogP) is 3.76. The van der Waals surface area contributed by atoms with Crippen molar-refractivity contribution >= 4 is 22.8 Å². The molecule has 4 rings (SSSR count). The van der Waals surface area contributed by atoms with Gasteiger partial charge in [-0.1, -0.05) is 24.3 Å². The van der Waals surface area contributed by atoms with Gasteiger partial charge >= 0.3 is 5.69 Å². The first-order valence-electron chi connectivity index (χ1n) is 8.30. The van der Waals surface area contributed by atoms with Gasteiger partial charge in [0.15, 0.2) is 0 Å². The van der Waals surface area contributed by atoms with Crippen molar-refractivity contribution in [2.75, 3.05) is 5.43 Å². The average molecular weight is 392 g/mol. The van der Waals surface area contributed by atoms with E-state index in [2.05, 4.69) is 10.5 Å². The van der Waals surface area contributed by atoms with Crippen LogP contribution in [0.1, 0.15) is 11.1 Å². The zero-order valence-electron chi connectivity index (χ0n) is 14.6. The predicted molar refractivity (Wildman–Crippen MR) is 104 cm³/mol. The molecule has 0 unspecified atom stereocenters. The lowest BCUT2D eigenvalue weighted by Gasteiger charge is -2.07. The second-order valence-corrected chi connectivity index (χ2v) is 6.19. The molecule has 29 heavy (non-hydrogen) atoms. The Balaban J connectivity index is 1.84. The number of hydrazone groups is 1. The molecule has 0 aliphatic heterocycles. The highest BCUT2D eigenvalue weighted by atomic mass is 16.6. The number of phenolic OH excluding ortho intramolecular Hbond substituents is 2. The van der Waals surface area contributed by atoms with E-state index >= 15 is 0 Å². The highest BCUT2D eigenvalue weighted by molar-refractivity contribution is 6.26. The number of hydrogen-bond acceptors (Lipinski definition) is 8. The fraction of sp³-hybridized carbons (Fsp3) is 0. The Morgan fingerprint density at radius 1 is 0.828 bits per heavy atom. The molecular weight excluding hydrogens is 380 g/mol. The molecule has 3 N–H and O–H groups in total. The summed E-state index contributed by atoms with van der Waals surface area (Å²) in [6.07, 6.45) is 0. The quantitative estimate of drug-likeness (QED) is 0.272. The molecule has 1 aliphatic carbocycles. The van der Waals surface area contributed by atoms with Crippen LogP contribution in [0.15, 0.2) is 59.7 Å². The molecule has 3 aromatic carbocycles. The van der Waals surface area contributed by atoms with Gasteiger partial charge in [0, 0.05) is 17.2 Å². The molecule has 10 nitrogen and oxygen atoms in total. The van der Waals surface area contributed by atoms with Crippen molar-refractivity contribution in [3.05, 3.63) is 86.0 Å². The van der Waals surface area contributed by atoms with Crippen LogP contribution in [0, 0.1) is 20.2 Å². The number of benzene rings is 3. The Kier molecular flexibility index (Phi) is 4.08. The topological polar surface area (TPSA) is 151 Å². The number of nitrogens with zero attached hydrogens (tertiary/aromatic N) is 3. The molecule has 3 aromatic rings. The van der Waals surface area contributed by atoms with E-state index < -0.39 is 21.2 Å². The van der Waals surface area contributed by atoms with E-state index in [9.17, 15) is 30.4 Å². The van der Waals surface area contributed by atoms with Crippen LogP contribution in [0.2, 0.25) is 0 Å². The van der Waals surface area contributed by atoms with Crippen LogP contribution >= 0.6 is 0 Å². The maximum atomic E-state index is 11.3. The van der Waals surface area contributed by atoms with E-state index in [4.69, 9.17) is 0 Å². The lowest BCUT2D eigenvalue weighted by atomic mass is 10.0. The van der Waals surface area contributed by atoms with Gasteiger partial charge in [-0.15, -0.1) is 0 Å². The summed E-state index contributed by atoms with van der Waals surface area (Å²) in [4.78, 5) is 20.7. The van der Waals surface area contributed by atoms with Gasteiger partial charge in [-0.05, 0) is 23.8 Å². The summed E-state index contributed by atoms with van der Waals surface area (Å²) in [7, 11) is 0. The maximum absolute atomic E-state index is 11.3. The average Bonchev–Trinajstić information content (AvgIpc) is 3.04. The Labute approximate surface area is 162 Å². The Morgan fingerprint density at radius 3 is 2.14 bits per heavy atom. The number of hydrogen-bond donors (Lipinski definition) is 3. The number of phenols is 2. The highest BCUT2D eigenvalue weighted by Gasteiger charge is 2.30. The van der Waals surface area contributed by atoms with Crippen LogP contribution in [0.3, 0.4) is 0 Å². The summed E-state index contributed by atoms with van der Waals surface area (Å²) in [5, 5.41) is 47.0. The fourth-order valence-electron chi connectivity index (χ4n) is 3.25. The summed E-state index contributed by atoms with van der Waals surface area (Å²) in [6.45, 7) is 0. The monoisotopic (exact) mass is 392 g/mol. The van der Waals surface area contributed by atoms with Crippen molar-refractivity contribution < 1.29 is 20.1 Å². The van der Waals surface area contributed by atoms with Crippen molar-refractivity contribution in [2.45, 2.75) is 0 Å². The lowest BCUT2D eigenvalue weighted by Crippen LogP contribution is -2.04. The van der Waals surface area contributed by atoms with Gasteiger partial charge in [-0.25, -0.2) is 0 Å². The van der Waals surface area contributed by atoms with Gasteiger partial charge in [0.1, 0.15) is 22.9 Å². The molecule has 144 valence electrons. The largest absolute Gasteiger partial charge is 0.507 e. The molecule has 0 amide bonds. The third kappa shape index (κ3) is 2.88. The zero-order chi connectivity index (χ0) is 20.7. The number of anilines is 1. The van der Waals surface area contributed by atoms with Gasteiger partial charge in [0.2, 0.25) is 0 Å². The smallest absolute Gasteiger partial charge is 0.301 e. The van der Waals surface area contributed by atoms with Gasteiger partial charge in [-0.3, -0.25) is 25.7 Å². The van der Waals surface area contributed by atoms with E-state index in [1.54, 1.807) is 24.3 Å². The molecule has 0 saturated carbocycles.